The van der Waals surface area contributed by atoms with Crippen molar-refractivity contribution < 1.29 is 4.74 Å². The lowest BCUT2D eigenvalue weighted by atomic mass is 10.1. The third-order valence-electron chi connectivity index (χ3n) is 3.18. The topological polar surface area (TPSA) is 34.1 Å². The molecule has 0 fully saturated rings. The van der Waals surface area contributed by atoms with Gasteiger partial charge in [-0.3, -0.25) is 0 Å². The lowest BCUT2D eigenvalue weighted by molar-refractivity contribution is 0.318. The van der Waals surface area contributed by atoms with Crippen LogP contribution in [0.4, 0.5) is 5.82 Å². The molecule has 2 aromatic rings. The Balaban J connectivity index is 2.06. The maximum absolute atomic E-state index is 5.71. The molecule has 3 nitrogen and oxygen atoms in total. The quantitative estimate of drug-likeness (QED) is 0.824. The van der Waals surface area contributed by atoms with Gasteiger partial charge in [0.25, 0.3) is 0 Å². The molecule has 106 valence electrons. The molecule has 0 unspecified atom stereocenters. The highest BCUT2D eigenvalue weighted by Gasteiger charge is 2.05. The normalized spacial score (nSPS) is 10.3. The van der Waals surface area contributed by atoms with Crippen LogP contribution in [0.2, 0.25) is 0 Å². The molecule has 0 amide bonds. The zero-order chi connectivity index (χ0) is 14.2. The number of rotatable bonds is 7. The molecule has 3 heteroatoms. The third-order valence-corrected chi connectivity index (χ3v) is 3.18. The van der Waals surface area contributed by atoms with Crippen LogP contribution < -0.4 is 10.1 Å². The first-order valence-corrected chi connectivity index (χ1v) is 7.23. The summed E-state index contributed by atoms with van der Waals surface area (Å²) in [4.78, 5) is 4.37. The van der Waals surface area contributed by atoms with Crippen molar-refractivity contribution >= 4 is 5.82 Å². The average molecular weight is 270 g/mol. The van der Waals surface area contributed by atoms with Gasteiger partial charge in [0.15, 0.2) is 11.6 Å². The van der Waals surface area contributed by atoms with E-state index in [2.05, 4.69) is 48.4 Å². The van der Waals surface area contributed by atoms with Gasteiger partial charge in [-0.15, -0.1) is 0 Å². The highest BCUT2D eigenvalue weighted by molar-refractivity contribution is 5.50. The van der Waals surface area contributed by atoms with E-state index in [4.69, 9.17) is 4.74 Å². The van der Waals surface area contributed by atoms with Crippen molar-refractivity contribution in [3.8, 4) is 5.75 Å². The Morgan fingerprint density at radius 3 is 2.60 bits per heavy atom. The lowest BCUT2D eigenvalue weighted by Gasteiger charge is -2.13. The molecule has 0 radical (unpaired) electrons. The molecule has 0 aliphatic heterocycles. The number of benzene rings is 1. The molecule has 20 heavy (non-hydrogen) atoms. The molecule has 0 saturated heterocycles. The standard InChI is InChI=1S/C17H22N2O/c1-3-12-20-16-10-7-11-18-17(16)19-13-15-9-6-5-8-14(15)4-2/h5-11H,3-4,12-13H2,1-2H3,(H,18,19). The molecule has 0 spiro atoms. The zero-order valence-electron chi connectivity index (χ0n) is 12.2. The SMILES string of the molecule is CCCOc1cccnc1NCc1ccccc1CC. The predicted molar refractivity (Wildman–Crippen MR) is 83.2 cm³/mol. The molecule has 1 heterocycles. The van der Waals surface area contributed by atoms with Gasteiger partial charge in [-0.2, -0.15) is 0 Å². The molecule has 0 aliphatic carbocycles. The third kappa shape index (κ3) is 3.73. The van der Waals surface area contributed by atoms with Gasteiger partial charge in [-0.1, -0.05) is 38.1 Å². The molecule has 1 aromatic heterocycles. The van der Waals surface area contributed by atoms with Gasteiger partial charge in [0.05, 0.1) is 6.61 Å². The fourth-order valence-electron chi connectivity index (χ4n) is 2.11. The number of nitrogens with one attached hydrogen (secondary N) is 1. The Kier molecular flexibility index (Phi) is 5.42. The van der Waals surface area contributed by atoms with Gasteiger partial charge >= 0.3 is 0 Å². The molecule has 0 aliphatic rings. The number of aromatic nitrogens is 1. The minimum Gasteiger partial charge on any atom is -0.490 e. The van der Waals surface area contributed by atoms with Crippen molar-refractivity contribution in [3.63, 3.8) is 0 Å². The number of hydrogen-bond acceptors (Lipinski definition) is 3. The van der Waals surface area contributed by atoms with Gasteiger partial charge in [-0.25, -0.2) is 4.98 Å². The highest BCUT2D eigenvalue weighted by Crippen LogP contribution is 2.22. The van der Waals surface area contributed by atoms with Gasteiger partial charge in [0, 0.05) is 12.7 Å². The monoisotopic (exact) mass is 270 g/mol. The van der Waals surface area contributed by atoms with Crippen molar-refractivity contribution in [2.45, 2.75) is 33.2 Å². The fourth-order valence-corrected chi connectivity index (χ4v) is 2.11. The maximum Gasteiger partial charge on any atom is 0.169 e. The van der Waals surface area contributed by atoms with E-state index in [9.17, 15) is 0 Å². The summed E-state index contributed by atoms with van der Waals surface area (Å²) in [5.74, 6) is 1.63. The van der Waals surface area contributed by atoms with Crippen LogP contribution in [0, 0.1) is 0 Å². The fraction of sp³-hybridized carbons (Fsp3) is 0.353. The molecular formula is C17H22N2O. The second kappa shape index (κ2) is 7.53. The van der Waals surface area contributed by atoms with Gasteiger partial charge in [0.1, 0.15) is 0 Å². The van der Waals surface area contributed by atoms with E-state index in [1.165, 1.54) is 11.1 Å². The van der Waals surface area contributed by atoms with Crippen LogP contribution in [0.1, 0.15) is 31.4 Å². The zero-order valence-corrected chi connectivity index (χ0v) is 12.2. The second-order valence-electron chi connectivity index (χ2n) is 4.67. The number of aryl methyl sites for hydroxylation is 1. The number of ether oxygens (including phenoxy) is 1. The summed E-state index contributed by atoms with van der Waals surface area (Å²) >= 11 is 0. The summed E-state index contributed by atoms with van der Waals surface area (Å²) in [6, 6.07) is 12.3. The molecule has 2 rings (SSSR count). The maximum atomic E-state index is 5.71. The minimum atomic E-state index is 0.714. The number of pyridine rings is 1. The van der Waals surface area contributed by atoms with E-state index < -0.39 is 0 Å². The molecule has 0 atom stereocenters. The van der Waals surface area contributed by atoms with Crippen LogP contribution in [0.5, 0.6) is 5.75 Å². The molecule has 1 aromatic carbocycles. The van der Waals surface area contributed by atoms with Crippen LogP contribution in [0.15, 0.2) is 42.6 Å². The van der Waals surface area contributed by atoms with Crippen molar-refractivity contribution in [3.05, 3.63) is 53.7 Å². The Morgan fingerprint density at radius 2 is 1.85 bits per heavy atom. The van der Waals surface area contributed by atoms with E-state index in [1.54, 1.807) is 6.20 Å². The molecule has 0 saturated carbocycles. The lowest BCUT2D eigenvalue weighted by Crippen LogP contribution is -2.06. The Hall–Kier alpha value is -2.03. The summed E-state index contributed by atoms with van der Waals surface area (Å²) in [5, 5.41) is 3.38. The van der Waals surface area contributed by atoms with E-state index in [0.717, 1.165) is 31.0 Å². The van der Waals surface area contributed by atoms with E-state index in [-0.39, 0.29) is 0 Å². The smallest absolute Gasteiger partial charge is 0.169 e. The summed E-state index contributed by atoms with van der Waals surface area (Å²) in [6.07, 6.45) is 3.82. The molecule has 1 N–H and O–H groups in total. The largest absolute Gasteiger partial charge is 0.490 e. The van der Waals surface area contributed by atoms with Crippen molar-refractivity contribution in [1.29, 1.82) is 0 Å². The van der Waals surface area contributed by atoms with E-state index in [0.29, 0.717) is 6.61 Å². The number of nitrogens with zero attached hydrogens (tertiary/aromatic N) is 1. The Bertz CT molecular complexity index is 540. The van der Waals surface area contributed by atoms with Gasteiger partial charge < -0.3 is 10.1 Å². The van der Waals surface area contributed by atoms with Crippen LogP contribution in [0.25, 0.3) is 0 Å². The molecule has 0 bridgehead atoms. The highest BCUT2D eigenvalue weighted by atomic mass is 16.5. The van der Waals surface area contributed by atoms with Crippen LogP contribution in [0.3, 0.4) is 0 Å². The number of hydrogen-bond donors (Lipinski definition) is 1. The summed E-state index contributed by atoms with van der Waals surface area (Å²) < 4.78 is 5.71. The Morgan fingerprint density at radius 1 is 1.05 bits per heavy atom. The minimum absolute atomic E-state index is 0.714. The van der Waals surface area contributed by atoms with E-state index >= 15 is 0 Å². The van der Waals surface area contributed by atoms with Gasteiger partial charge in [-0.05, 0) is 36.1 Å². The summed E-state index contributed by atoms with van der Waals surface area (Å²) in [5.41, 5.74) is 2.68. The van der Waals surface area contributed by atoms with Crippen LogP contribution in [-0.4, -0.2) is 11.6 Å². The van der Waals surface area contributed by atoms with Crippen molar-refractivity contribution in [1.82, 2.24) is 4.98 Å². The first-order chi connectivity index (χ1) is 9.85. The summed E-state index contributed by atoms with van der Waals surface area (Å²) in [6.45, 7) is 5.76. The first-order valence-electron chi connectivity index (χ1n) is 7.23. The van der Waals surface area contributed by atoms with Crippen LogP contribution >= 0.6 is 0 Å². The van der Waals surface area contributed by atoms with E-state index in [1.807, 2.05) is 12.1 Å². The van der Waals surface area contributed by atoms with Crippen molar-refractivity contribution in [2.24, 2.45) is 0 Å². The Labute approximate surface area is 121 Å². The van der Waals surface area contributed by atoms with Gasteiger partial charge in [0.2, 0.25) is 0 Å². The predicted octanol–water partition coefficient (Wildman–Crippen LogP) is 4.04. The molecular weight excluding hydrogens is 248 g/mol. The number of anilines is 1. The second-order valence-corrected chi connectivity index (χ2v) is 4.67. The average Bonchev–Trinajstić information content (AvgIpc) is 2.52. The van der Waals surface area contributed by atoms with Crippen molar-refractivity contribution in [2.75, 3.05) is 11.9 Å². The van der Waals surface area contributed by atoms with Crippen LogP contribution in [-0.2, 0) is 13.0 Å². The first kappa shape index (κ1) is 14.4. The summed E-state index contributed by atoms with van der Waals surface area (Å²) in [7, 11) is 0.